The summed E-state index contributed by atoms with van der Waals surface area (Å²) >= 11 is 0. The van der Waals surface area contributed by atoms with Crippen LogP contribution < -0.4 is 0 Å². The van der Waals surface area contributed by atoms with Crippen molar-refractivity contribution in [3.8, 4) is 0 Å². The fourth-order valence-corrected chi connectivity index (χ4v) is 11.6. The van der Waals surface area contributed by atoms with Gasteiger partial charge in [-0.15, -0.1) is 0 Å². The van der Waals surface area contributed by atoms with E-state index in [4.69, 9.17) is 171 Å². The Kier molecular flexibility index (Phi) is 126. The normalized spacial score (nSPS) is 11.8. The van der Waals surface area contributed by atoms with Crippen LogP contribution in [-0.2, 0) is 180 Å². The lowest BCUT2D eigenvalue weighted by molar-refractivity contribution is -0.120. The smallest absolute Gasteiger partial charge is 0.132 e. The van der Waals surface area contributed by atoms with Gasteiger partial charge in [0.25, 0.3) is 0 Å². The molecule has 0 aliphatic rings. The predicted molar refractivity (Wildman–Crippen MR) is 508 cm³/mol. The minimum atomic E-state index is 0.118. The van der Waals surface area contributed by atoms with Crippen LogP contribution in [0.2, 0.25) is 0 Å². The van der Waals surface area contributed by atoms with Crippen LogP contribution in [0, 0.1) is 0 Å². The first-order valence-electron chi connectivity index (χ1n) is 51.0. The number of hydrogen-bond acceptors (Lipinski definition) is 38. The van der Waals surface area contributed by atoms with Gasteiger partial charge in [0, 0.05) is 25.9 Å². The second kappa shape index (κ2) is 128. The van der Waals surface area contributed by atoms with Gasteiger partial charge in [-0.05, 0) is 19.8 Å². The first kappa shape index (κ1) is 133. The number of Topliss-reactive ketones (excluding diaryl/α,β-unsaturated/α-hetero) is 2. The Labute approximate surface area is 812 Å². The molecular weight excluding hydrogens is 1770 g/mol. The van der Waals surface area contributed by atoms with Gasteiger partial charge in [0.05, 0.1) is 469 Å². The van der Waals surface area contributed by atoms with E-state index in [9.17, 15) is 9.59 Å². The number of carbonyl (C=O) groups excluding carboxylic acids is 2. The molecule has 0 atom stereocenters. The fourth-order valence-electron chi connectivity index (χ4n) is 11.6. The number of carbonyl (C=O) groups is 2. The van der Waals surface area contributed by atoms with Crippen LogP contribution in [0.3, 0.4) is 0 Å². The van der Waals surface area contributed by atoms with Crippen LogP contribution in [0.4, 0.5) is 0 Å². The molecule has 0 saturated heterocycles. The first-order chi connectivity index (χ1) is 67.2. The monoisotopic (exact) mass is 1970 g/mol. The van der Waals surface area contributed by atoms with Crippen LogP contribution >= 0.6 is 0 Å². The lowest BCUT2D eigenvalue weighted by atomic mass is 10.0. The van der Waals surface area contributed by atoms with Gasteiger partial charge < -0.3 is 171 Å². The summed E-state index contributed by atoms with van der Waals surface area (Å²) in [5.74, 6) is 0.480. The minimum absolute atomic E-state index is 0.118. The van der Waals surface area contributed by atoms with Crippen molar-refractivity contribution in [2.75, 3.05) is 476 Å². The Hall–Kier alpha value is -2.10. The molecule has 0 rings (SSSR count). The number of unbranched alkanes of at least 4 members (excludes halogenated alkanes) is 16. The molecule has 0 aromatic carbocycles. The summed E-state index contributed by atoms with van der Waals surface area (Å²) in [6.45, 7) is 38.5. The lowest BCUT2D eigenvalue weighted by Gasteiger charge is -2.09. The molecule has 38 nitrogen and oxygen atoms in total. The number of ether oxygens (including phenoxy) is 36. The number of rotatable bonds is 130. The largest absolute Gasteiger partial charge is 0.379 e. The Bertz CT molecular complexity index is 2080. The van der Waals surface area contributed by atoms with Gasteiger partial charge in [-0.1, -0.05) is 110 Å². The van der Waals surface area contributed by atoms with E-state index < -0.39 is 0 Å². The highest BCUT2D eigenvalue weighted by atomic mass is 16.6. The van der Waals surface area contributed by atoms with E-state index in [1.807, 2.05) is 0 Å². The SMILES string of the molecule is CCCCCCCCCCCCCCCCCCCC(=O)CCCOCCOCCOCCOCCOCCOCCOCCOCCOCCOCCOCCOCCOCCOCCOCCOCCOCCOCCOCCOCCOCCOCCOCCOCCOCCOCCOCCOCCOCCOCCOCCOCCOCCOCCOCCOCCC(C)=O. The maximum Gasteiger partial charge on any atom is 0.132 e. The van der Waals surface area contributed by atoms with E-state index in [1.165, 1.54) is 103 Å². The molecule has 0 aromatic heterocycles. The first-order valence-corrected chi connectivity index (χ1v) is 51.0. The molecule has 0 amide bonds. The molecule has 0 saturated carbocycles. The Morgan fingerprint density at radius 1 is 0.111 bits per heavy atom. The zero-order valence-electron chi connectivity index (χ0n) is 84.3. The summed E-state index contributed by atoms with van der Waals surface area (Å²) in [6, 6.07) is 0. The third-order valence-electron chi connectivity index (χ3n) is 18.9. The summed E-state index contributed by atoms with van der Waals surface area (Å²) in [5, 5.41) is 0. The van der Waals surface area contributed by atoms with Crippen molar-refractivity contribution < 1.29 is 180 Å². The average molecular weight is 1970 g/mol. The molecule has 0 fully saturated rings. The van der Waals surface area contributed by atoms with Crippen molar-refractivity contribution in [1.82, 2.24) is 0 Å². The van der Waals surface area contributed by atoms with Gasteiger partial charge in [0.15, 0.2) is 0 Å². The average Bonchev–Trinajstić information content (AvgIpc) is 1.04. The maximum atomic E-state index is 12.2. The van der Waals surface area contributed by atoms with E-state index in [-0.39, 0.29) is 5.78 Å². The van der Waals surface area contributed by atoms with Crippen LogP contribution in [0.25, 0.3) is 0 Å². The minimum Gasteiger partial charge on any atom is -0.379 e. The third kappa shape index (κ3) is 130. The fraction of sp³-hybridized carbons (Fsp3) is 0.979. The third-order valence-corrected chi connectivity index (χ3v) is 18.9. The molecule has 0 aliphatic heterocycles. The molecular formula is C97H192O38. The van der Waals surface area contributed by atoms with E-state index in [1.54, 1.807) is 6.92 Å². The second-order valence-corrected chi connectivity index (χ2v) is 30.5. The summed E-state index contributed by atoms with van der Waals surface area (Å²) in [7, 11) is 0. The molecule has 808 valence electrons. The molecule has 0 bridgehead atoms. The number of hydrogen-bond donors (Lipinski definition) is 0. The molecule has 0 N–H and O–H groups in total. The van der Waals surface area contributed by atoms with E-state index >= 15 is 0 Å². The van der Waals surface area contributed by atoms with Gasteiger partial charge in [0.1, 0.15) is 11.6 Å². The van der Waals surface area contributed by atoms with Crippen molar-refractivity contribution in [1.29, 1.82) is 0 Å². The van der Waals surface area contributed by atoms with Gasteiger partial charge in [-0.2, -0.15) is 0 Å². The summed E-state index contributed by atoms with van der Waals surface area (Å²) in [5.41, 5.74) is 0. The molecule has 135 heavy (non-hydrogen) atoms. The molecule has 0 aromatic rings. The Morgan fingerprint density at radius 2 is 0.207 bits per heavy atom. The molecule has 38 heteroatoms. The zero-order chi connectivity index (χ0) is 96.4. The summed E-state index contributed by atoms with van der Waals surface area (Å²) in [4.78, 5) is 23.1. The molecule has 0 heterocycles. The van der Waals surface area contributed by atoms with Gasteiger partial charge >= 0.3 is 0 Å². The topological polar surface area (TPSA) is 366 Å². The van der Waals surface area contributed by atoms with Gasteiger partial charge in [0.2, 0.25) is 0 Å². The summed E-state index contributed by atoms with van der Waals surface area (Å²) in [6.07, 6.45) is 25.5. The van der Waals surface area contributed by atoms with Gasteiger partial charge in [-0.3, -0.25) is 9.59 Å². The Balaban J connectivity index is 3.12. The molecule has 0 spiro atoms. The van der Waals surface area contributed by atoms with Crippen molar-refractivity contribution in [3.05, 3.63) is 0 Å². The quantitative estimate of drug-likeness (QED) is 0.0512. The second-order valence-electron chi connectivity index (χ2n) is 30.5. The molecule has 0 radical (unpaired) electrons. The van der Waals surface area contributed by atoms with Crippen LogP contribution in [0.5, 0.6) is 0 Å². The predicted octanol–water partition coefficient (Wildman–Crippen LogP) is 8.95. The zero-order valence-corrected chi connectivity index (χ0v) is 84.3. The van der Waals surface area contributed by atoms with Crippen LogP contribution in [-0.4, -0.2) is 487 Å². The van der Waals surface area contributed by atoms with E-state index in [2.05, 4.69) is 6.92 Å². The van der Waals surface area contributed by atoms with Crippen LogP contribution in [0.15, 0.2) is 0 Å². The van der Waals surface area contributed by atoms with Gasteiger partial charge in [-0.25, -0.2) is 0 Å². The summed E-state index contributed by atoms with van der Waals surface area (Å²) < 4.78 is 199. The lowest BCUT2D eigenvalue weighted by Crippen LogP contribution is -2.16. The highest BCUT2D eigenvalue weighted by Gasteiger charge is 2.08. The van der Waals surface area contributed by atoms with Crippen LogP contribution in [0.1, 0.15) is 149 Å². The van der Waals surface area contributed by atoms with E-state index in [0.717, 1.165) is 12.8 Å². The van der Waals surface area contributed by atoms with Crippen molar-refractivity contribution >= 4 is 11.6 Å². The highest BCUT2D eigenvalue weighted by molar-refractivity contribution is 5.78. The van der Waals surface area contributed by atoms with Crippen molar-refractivity contribution in [2.24, 2.45) is 0 Å². The standard InChI is InChI=1S/C97H192O38/c1-3-4-5-6-7-8-9-10-11-12-13-14-15-16-17-18-19-21-97(99)22-20-24-100-26-28-102-30-32-104-34-36-106-38-40-108-42-44-110-46-48-112-50-52-114-54-56-116-58-60-118-62-64-120-66-68-122-70-72-124-74-76-126-78-80-128-82-84-130-86-88-132-90-92-134-94-95-135-93-91-133-89-87-131-85-83-129-81-79-127-77-75-125-73-71-123-69-67-121-65-63-119-61-59-117-57-55-115-53-51-113-49-47-111-45-43-109-41-39-107-37-35-105-33-31-103-29-27-101-25-23-96(2)98/h3-95H2,1-2H3. The highest BCUT2D eigenvalue weighted by Crippen LogP contribution is 2.15. The molecule has 0 unspecified atom stereocenters. The van der Waals surface area contributed by atoms with Crippen molar-refractivity contribution in [3.63, 3.8) is 0 Å². The number of ketones is 2. The van der Waals surface area contributed by atoms with E-state index in [0.29, 0.717) is 501 Å². The maximum absolute atomic E-state index is 12.2. The Morgan fingerprint density at radius 3 is 0.326 bits per heavy atom. The molecule has 0 aliphatic carbocycles. The van der Waals surface area contributed by atoms with Crippen molar-refractivity contribution in [2.45, 2.75) is 149 Å².